The summed E-state index contributed by atoms with van der Waals surface area (Å²) < 4.78 is 53.6. The fourth-order valence-corrected chi connectivity index (χ4v) is 5.25. The maximum atomic E-state index is 14.8. The van der Waals surface area contributed by atoms with Gasteiger partial charge in [-0.1, -0.05) is 30.3 Å². The summed E-state index contributed by atoms with van der Waals surface area (Å²) in [5.74, 6) is -2.39. The third kappa shape index (κ3) is 4.26. The average molecular weight is 531 g/mol. The highest BCUT2D eigenvalue weighted by atomic mass is 32.2. The molecule has 194 valence electrons. The second kappa shape index (κ2) is 8.98. The molecule has 0 saturated carbocycles. The summed E-state index contributed by atoms with van der Waals surface area (Å²) in [7, 11) is -3.75. The first-order valence-electron chi connectivity index (χ1n) is 11.6. The molecule has 0 aliphatic carbocycles. The van der Waals surface area contributed by atoms with Crippen molar-refractivity contribution < 1.29 is 26.8 Å². The molecule has 0 spiro atoms. The number of benzene rings is 1. The van der Waals surface area contributed by atoms with Crippen molar-refractivity contribution >= 4 is 27.3 Å². The van der Waals surface area contributed by atoms with Gasteiger partial charge in [-0.05, 0) is 25.5 Å². The Bertz CT molecular complexity index is 1540. The summed E-state index contributed by atoms with van der Waals surface area (Å²) in [5.41, 5.74) is 1.80. The van der Waals surface area contributed by atoms with Gasteiger partial charge in [-0.25, -0.2) is 27.2 Å². The number of sulfone groups is 1. The van der Waals surface area contributed by atoms with Crippen LogP contribution in [0.5, 0.6) is 0 Å². The molecule has 3 aromatic rings. The summed E-state index contributed by atoms with van der Waals surface area (Å²) in [6.45, 7) is 3.69. The minimum Gasteiger partial charge on any atom is -0.395 e. The molecule has 13 heteroatoms. The zero-order valence-corrected chi connectivity index (χ0v) is 21.2. The average Bonchev–Trinajstić information content (AvgIpc) is 3.54. The van der Waals surface area contributed by atoms with Crippen LogP contribution >= 0.6 is 0 Å². The Hall–Kier alpha value is -3.74. The van der Waals surface area contributed by atoms with E-state index in [4.69, 9.17) is 4.84 Å². The van der Waals surface area contributed by atoms with Crippen LogP contribution < -0.4 is 4.90 Å². The van der Waals surface area contributed by atoms with Gasteiger partial charge in [-0.15, -0.1) is 0 Å². The summed E-state index contributed by atoms with van der Waals surface area (Å²) in [6.07, 6.45) is 1.90. The predicted molar refractivity (Wildman–Crippen MR) is 131 cm³/mol. The van der Waals surface area contributed by atoms with Crippen LogP contribution in [-0.2, 0) is 26.0 Å². The van der Waals surface area contributed by atoms with Gasteiger partial charge in [0.1, 0.15) is 28.6 Å². The zero-order valence-electron chi connectivity index (χ0n) is 20.4. The number of carbonyl (C=O) groups excluding carboxylic acids is 1. The highest BCUT2D eigenvalue weighted by Gasteiger charge is 2.52. The number of rotatable bonds is 6. The van der Waals surface area contributed by atoms with Gasteiger partial charge in [0.2, 0.25) is 5.91 Å². The van der Waals surface area contributed by atoms with Crippen LogP contribution in [0.15, 0.2) is 41.7 Å². The van der Waals surface area contributed by atoms with E-state index < -0.39 is 32.1 Å². The van der Waals surface area contributed by atoms with Crippen molar-refractivity contribution in [1.82, 2.24) is 19.7 Å². The van der Waals surface area contributed by atoms with Crippen molar-refractivity contribution in [3.05, 3.63) is 59.4 Å². The molecule has 0 N–H and O–H groups in total. The SMILES string of the molecule is CC1CON=C1c1cc(-c2ncc(F)c(N3CCC(C)(S(C)(=O)=O)C3=O)n2)nn1Cc1ccccc1F. The Labute approximate surface area is 211 Å². The number of nitrogens with zero attached hydrogens (tertiary/aromatic N) is 6. The molecule has 0 bridgehead atoms. The molecular weight excluding hydrogens is 506 g/mol. The Kier molecular flexibility index (Phi) is 6.05. The van der Waals surface area contributed by atoms with E-state index in [1.165, 1.54) is 13.0 Å². The Morgan fingerprint density at radius 3 is 2.62 bits per heavy atom. The smallest absolute Gasteiger partial charge is 0.249 e. The zero-order chi connectivity index (χ0) is 26.5. The normalized spacial score (nSPS) is 21.9. The summed E-state index contributed by atoms with van der Waals surface area (Å²) in [6, 6.07) is 7.95. The number of oxime groups is 1. The predicted octanol–water partition coefficient (Wildman–Crippen LogP) is 2.58. The quantitative estimate of drug-likeness (QED) is 0.480. The van der Waals surface area contributed by atoms with Gasteiger partial charge in [0.05, 0.1) is 18.4 Å². The first-order valence-corrected chi connectivity index (χ1v) is 13.4. The molecule has 2 atom stereocenters. The summed E-state index contributed by atoms with van der Waals surface area (Å²) in [4.78, 5) is 27.6. The summed E-state index contributed by atoms with van der Waals surface area (Å²) >= 11 is 0. The maximum Gasteiger partial charge on any atom is 0.249 e. The van der Waals surface area contributed by atoms with Crippen LogP contribution in [0.4, 0.5) is 14.6 Å². The van der Waals surface area contributed by atoms with Gasteiger partial charge in [0.25, 0.3) is 0 Å². The lowest BCUT2D eigenvalue weighted by molar-refractivity contribution is -0.118. The van der Waals surface area contributed by atoms with E-state index in [1.807, 2.05) is 6.92 Å². The molecule has 1 amide bonds. The number of aromatic nitrogens is 4. The van der Waals surface area contributed by atoms with E-state index in [2.05, 4.69) is 20.2 Å². The molecule has 4 heterocycles. The Morgan fingerprint density at radius 1 is 1.22 bits per heavy atom. The lowest BCUT2D eigenvalue weighted by Gasteiger charge is -2.21. The van der Waals surface area contributed by atoms with E-state index in [0.717, 1.165) is 17.4 Å². The van der Waals surface area contributed by atoms with Crippen molar-refractivity contribution in [3.8, 4) is 11.5 Å². The first kappa shape index (κ1) is 24.9. The van der Waals surface area contributed by atoms with Gasteiger partial charge in [0, 0.05) is 24.3 Å². The fourth-order valence-electron chi connectivity index (χ4n) is 4.36. The highest BCUT2D eigenvalue weighted by molar-refractivity contribution is 7.92. The fraction of sp³-hybridized carbons (Fsp3) is 0.375. The summed E-state index contributed by atoms with van der Waals surface area (Å²) in [5, 5.41) is 8.66. The number of hydrogen-bond donors (Lipinski definition) is 0. The van der Waals surface area contributed by atoms with Gasteiger partial charge in [-0.3, -0.25) is 14.4 Å². The van der Waals surface area contributed by atoms with Gasteiger partial charge in [0.15, 0.2) is 27.3 Å². The minimum atomic E-state index is -3.75. The molecule has 2 aliphatic rings. The van der Waals surface area contributed by atoms with E-state index in [9.17, 15) is 22.0 Å². The van der Waals surface area contributed by atoms with Crippen molar-refractivity contribution in [2.45, 2.75) is 31.6 Å². The van der Waals surface area contributed by atoms with Crippen LogP contribution in [-0.4, -0.2) is 63.9 Å². The molecule has 10 nitrogen and oxygen atoms in total. The number of carbonyl (C=O) groups is 1. The van der Waals surface area contributed by atoms with Crippen LogP contribution in [0, 0.1) is 17.6 Å². The lowest BCUT2D eigenvalue weighted by Crippen LogP contribution is -2.44. The Balaban J connectivity index is 1.56. The van der Waals surface area contributed by atoms with Crippen LogP contribution in [0.25, 0.3) is 11.5 Å². The van der Waals surface area contributed by atoms with Crippen LogP contribution in [0.3, 0.4) is 0 Å². The molecule has 1 saturated heterocycles. The molecule has 2 aliphatic heterocycles. The molecule has 37 heavy (non-hydrogen) atoms. The third-order valence-electron chi connectivity index (χ3n) is 6.81. The Morgan fingerprint density at radius 2 is 1.97 bits per heavy atom. The minimum absolute atomic E-state index is 0.00255. The van der Waals surface area contributed by atoms with Gasteiger partial charge < -0.3 is 4.84 Å². The van der Waals surface area contributed by atoms with Gasteiger partial charge >= 0.3 is 0 Å². The first-order chi connectivity index (χ1) is 17.5. The molecule has 5 rings (SSSR count). The topological polar surface area (TPSA) is 120 Å². The van der Waals surface area contributed by atoms with Crippen LogP contribution in [0.2, 0.25) is 0 Å². The van der Waals surface area contributed by atoms with E-state index in [0.29, 0.717) is 23.6 Å². The molecule has 0 radical (unpaired) electrons. The largest absolute Gasteiger partial charge is 0.395 e. The maximum absolute atomic E-state index is 14.8. The molecule has 2 aromatic heterocycles. The highest BCUT2D eigenvalue weighted by Crippen LogP contribution is 2.34. The molecule has 2 unspecified atom stereocenters. The van der Waals surface area contributed by atoms with E-state index >= 15 is 0 Å². The van der Waals surface area contributed by atoms with E-state index in [1.54, 1.807) is 28.9 Å². The second-order valence-corrected chi connectivity index (χ2v) is 11.9. The van der Waals surface area contributed by atoms with Crippen molar-refractivity contribution in [2.24, 2.45) is 11.1 Å². The number of halogens is 2. The second-order valence-electron chi connectivity index (χ2n) is 9.41. The van der Waals surface area contributed by atoms with Crippen molar-refractivity contribution in [3.63, 3.8) is 0 Å². The standard InChI is InChI=1S/C24H24F2N6O4S/c1-14-13-36-30-20(14)19-10-18(29-32(19)12-15-6-4-5-7-16(15)25)21-27-11-17(26)22(28-21)31-9-8-24(2,23(31)33)37(3,34)35/h4-7,10-11,14H,8-9,12-13H2,1-3H3. The van der Waals surface area contributed by atoms with Crippen LogP contribution in [0.1, 0.15) is 31.5 Å². The van der Waals surface area contributed by atoms with Gasteiger partial charge in [-0.2, -0.15) is 5.10 Å². The monoisotopic (exact) mass is 530 g/mol. The lowest BCUT2D eigenvalue weighted by atomic mass is 10.0. The number of amides is 1. The molecular formula is C24H24F2N6O4S. The van der Waals surface area contributed by atoms with Crippen molar-refractivity contribution in [1.29, 1.82) is 0 Å². The van der Waals surface area contributed by atoms with Crippen molar-refractivity contribution in [2.75, 3.05) is 24.3 Å². The molecule has 1 fully saturated rings. The third-order valence-corrected chi connectivity index (χ3v) is 8.83. The number of anilines is 1. The van der Waals surface area contributed by atoms with E-state index in [-0.39, 0.29) is 42.8 Å². The molecule has 1 aromatic carbocycles. The number of hydrogen-bond acceptors (Lipinski definition) is 8.